The molecule has 0 bridgehead atoms. The van der Waals surface area contributed by atoms with Gasteiger partial charge in [-0.05, 0) is 37.1 Å². The van der Waals surface area contributed by atoms with E-state index in [4.69, 9.17) is 0 Å². The maximum Gasteiger partial charge on any atom is 0.229 e. The second-order valence-corrected chi connectivity index (χ2v) is 7.08. The van der Waals surface area contributed by atoms with E-state index in [0.29, 0.717) is 12.5 Å². The van der Waals surface area contributed by atoms with Crippen molar-refractivity contribution in [2.24, 2.45) is 0 Å². The largest absolute Gasteiger partial charge is 0.325 e. The van der Waals surface area contributed by atoms with Gasteiger partial charge in [0.15, 0.2) is 0 Å². The van der Waals surface area contributed by atoms with Gasteiger partial charge in [0, 0.05) is 23.4 Å². The predicted molar refractivity (Wildman–Crippen MR) is 104 cm³/mol. The summed E-state index contributed by atoms with van der Waals surface area (Å²) in [5, 5.41) is 6.77. The van der Waals surface area contributed by atoms with Gasteiger partial charge in [-0.25, -0.2) is 5.10 Å². The van der Waals surface area contributed by atoms with E-state index in [1.807, 2.05) is 30.5 Å². The first-order chi connectivity index (χ1) is 13.1. The quantitative estimate of drug-likeness (QED) is 0.680. The average molecular weight is 362 g/mol. The maximum absolute atomic E-state index is 12.9. The molecule has 0 saturated carbocycles. The second-order valence-electron chi connectivity index (χ2n) is 7.08. The van der Waals surface area contributed by atoms with Crippen LogP contribution in [-0.2, 0) is 0 Å². The van der Waals surface area contributed by atoms with Gasteiger partial charge in [0.2, 0.25) is 11.7 Å². The number of aryl methyl sites for hydroxylation is 1. The number of nitrogens with zero attached hydrogens (tertiary/aromatic N) is 3. The minimum absolute atomic E-state index is 0.181. The fraction of sp³-hybridized carbons (Fsp3) is 0.286. The molecular weight excluding hydrogens is 338 g/mol. The molecule has 3 heterocycles. The van der Waals surface area contributed by atoms with Crippen molar-refractivity contribution in [3.05, 3.63) is 71.3 Å². The lowest BCUT2D eigenvalue weighted by molar-refractivity contribution is -0.886. The molecule has 1 aliphatic heterocycles. The number of Topliss-reactive ketones (excluding diaryl/α,β-unsaturated/α-hetero) is 1. The molecule has 0 saturated heterocycles. The molecule has 2 N–H and O–H groups in total. The normalized spacial score (nSPS) is 17.0. The number of carbonyl (C=O) groups is 1. The molecule has 6 nitrogen and oxygen atoms in total. The Morgan fingerprint density at radius 1 is 1.26 bits per heavy atom. The van der Waals surface area contributed by atoms with Gasteiger partial charge in [0.1, 0.15) is 12.9 Å². The highest BCUT2D eigenvalue weighted by molar-refractivity contribution is 5.98. The monoisotopic (exact) mass is 362 g/mol. The number of rotatable bonds is 5. The Kier molecular flexibility index (Phi) is 4.73. The third-order valence-corrected chi connectivity index (χ3v) is 5.29. The molecule has 138 valence electrons. The Labute approximate surface area is 158 Å². The maximum atomic E-state index is 12.9. The first-order valence-electron chi connectivity index (χ1n) is 9.29. The zero-order valence-corrected chi connectivity index (χ0v) is 15.7. The van der Waals surface area contributed by atoms with Crippen molar-refractivity contribution in [2.75, 3.05) is 19.6 Å². The number of ketones is 1. The second kappa shape index (κ2) is 7.32. The summed E-state index contributed by atoms with van der Waals surface area (Å²) < 4.78 is 1.94. The fourth-order valence-corrected chi connectivity index (χ4v) is 3.86. The molecule has 6 heteroatoms. The summed E-state index contributed by atoms with van der Waals surface area (Å²) >= 11 is 0. The Morgan fingerprint density at radius 3 is 2.74 bits per heavy atom. The Bertz CT molecular complexity index is 970. The Hall–Kier alpha value is -2.99. The molecule has 1 atom stereocenters. The van der Waals surface area contributed by atoms with Crippen molar-refractivity contribution >= 4 is 11.4 Å². The summed E-state index contributed by atoms with van der Waals surface area (Å²) in [4.78, 5) is 18.4. The van der Waals surface area contributed by atoms with E-state index in [-0.39, 0.29) is 5.78 Å². The minimum Gasteiger partial charge on any atom is -0.325 e. The van der Waals surface area contributed by atoms with E-state index in [9.17, 15) is 4.79 Å². The van der Waals surface area contributed by atoms with Gasteiger partial charge < -0.3 is 4.90 Å². The smallest absolute Gasteiger partial charge is 0.229 e. The highest BCUT2D eigenvalue weighted by Crippen LogP contribution is 2.19. The van der Waals surface area contributed by atoms with Gasteiger partial charge in [-0.3, -0.25) is 9.36 Å². The van der Waals surface area contributed by atoms with E-state index >= 15 is 0 Å². The van der Waals surface area contributed by atoms with Crippen LogP contribution < -0.4 is 4.90 Å². The van der Waals surface area contributed by atoms with Crippen LogP contribution in [0.25, 0.3) is 11.5 Å². The first-order valence-corrected chi connectivity index (χ1v) is 9.29. The van der Waals surface area contributed by atoms with Gasteiger partial charge in [-0.1, -0.05) is 30.3 Å². The number of aromatic nitrogens is 4. The SMILES string of the molecule is Cc1cc(C(=O)C[NH+]2CC=C(c3ccccc3)CC2)c(C)n1-c1ncn[nH]1. The molecule has 1 unspecified atom stereocenters. The van der Waals surface area contributed by atoms with Crippen LogP contribution in [0.1, 0.15) is 33.7 Å². The number of hydrogen-bond acceptors (Lipinski definition) is 3. The van der Waals surface area contributed by atoms with Gasteiger partial charge >= 0.3 is 0 Å². The van der Waals surface area contributed by atoms with Gasteiger partial charge in [-0.2, -0.15) is 10.1 Å². The molecule has 1 aromatic carbocycles. The van der Waals surface area contributed by atoms with E-state index in [1.165, 1.54) is 22.4 Å². The number of aromatic amines is 1. The Balaban J connectivity index is 1.46. The molecule has 0 amide bonds. The number of hydrogen-bond donors (Lipinski definition) is 2. The summed E-state index contributed by atoms with van der Waals surface area (Å²) in [6, 6.07) is 12.4. The van der Waals surface area contributed by atoms with E-state index in [2.05, 4.69) is 45.5 Å². The Morgan fingerprint density at radius 2 is 2.07 bits per heavy atom. The van der Waals surface area contributed by atoms with Gasteiger partial charge in [-0.15, -0.1) is 0 Å². The lowest BCUT2D eigenvalue weighted by Gasteiger charge is -2.23. The first kappa shape index (κ1) is 17.4. The van der Waals surface area contributed by atoms with Crippen LogP contribution in [0, 0.1) is 13.8 Å². The summed E-state index contributed by atoms with van der Waals surface area (Å²) in [7, 11) is 0. The van der Waals surface area contributed by atoms with Crippen molar-refractivity contribution < 1.29 is 9.69 Å². The number of H-pyrrole nitrogens is 1. The van der Waals surface area contributed by atoms with E-state index < -0.39 is 0 Å². The van der Waals surface area contributed by atoms with Crippen LogP contribution in [0.2, 0.25) is 0 Å². The van der Waals surface area contributed by atoms with E-state index in [1.54, 1.807) is 0 Å². The summed E-state index contributed by atoms with van der Waals surface area (Å²) in [5.74, 6) is 0.824. The summed E-state index contributed by atoms with van der Waals surface area (Å²) in [6.45, 7) is 6.32. The molecule has 0 fully saturated rings. The number of quaternary nitrogens is 1. The van der Waals surface area contributed by atoms with Crippen molar-refractivity contribution in [1.82, 2.24) is 19.7 Å². The van der Waals surface area contributed by atoms with Crippen molar-refractivity contribution in [3.8, 4) is 5.95 Å². The molecule has 0 radical (unpaired) electrons. The minimum atomic E-state index is 0.181. The van der Waals surface area contributed by atoms with Crippen LogP contribution in [0.5, 0.6) is 0 Å². The zero-order valence-electron chi connectivity index (χ0n) is 15.7. The van der Waals surface area contributed by atoms with Gasteiger partial charge in [0.25, 0.3) is 0 Å². The third-order valence-electron chi connectivity index (χ3n) is 5.29. The zero-order chi connectivity index (χ0) is 18.8. The molecule has 3 aromatic rings. The lowest BCUT2D eigenvalue weighted by Crippen LogP contribution is -3.13. The average Bonchev–Trinajstić information content (AvgIpc) is 3.31. The topological polar surface area (TPSA) is 68.0 Å². The predicted octanol–water partition coefficient (Wildman–Crippen LogP) is 1.77. The summed E-state index contributed by atoms with van der Waals surface area (Å²) in [5.41, 5.74) is 5.33. The molecule has 27 heavy (non-hydrogen) atoms. The highest BCUT2D eigenvalue weighted by Gasteiger charge is 2.23. The van der Waals surface area contributed by atoms with Crippen LogP contribution >= 0.6 is 0 Å². The van der Waals surface area contributed by atoms with Crippen molar-refractivity contribution in [2.45, 2.75) is 20.3 Å². The summed E-state index contributed by atoms with van der Waals surface area (Å²) in [6.07, 6.45) is 4.76. The molecule has 4 rings (SSSR count). The van der Waals surface area contributed by atoms with Crippen molar-refractivity contribution in [3.63, 3.8) is 0 Å². The van der Waals surface area contributed by atoms with Crippen LogP contribution in [0.4, 0.5) is 0 Å². The fourth-order valence-electron chi connectivity index (χ4n) is 3.86. The van der Waals surface area contributed by atoms with Gasteiger partial charge in [0.05, 0.1) is 13.1 Å². The highest BCUT2D eigenvalue weighted by atomic mass is 16.1. The van der Waals surface area contributed by atoms with Crippen LogP contribution in [0.15, 0.2) is 48.8 Å². The van der Waals surface area contributed by atoms with Crippen LogP contribution in [-0.4, -0.2) is 45.2 Å². The molecule has 0 aliphatic carbocycles. The molecular formula is C21H24N5O+. The standard InChI is InChI=1S/C21H23N5O/c1-15-12-19(16(2)26(15)21-22-14-23-24-21)20(27)13-25-10-8-18(9-11-25)17-6-4-3-5-7-17/h3-8,12,14H,9-11,13H2,1-2H3,(H,22,23,24)/p+1. The number of carbonyl (C=O) groups excluding carboxylic acids is 1. The number of benzene rings is 1. The lowest BCUT2D eigenvalue weighted by atomic mass is 9.99. The number of nitrogens with one attached hydrogen (secondary N) is 2. The molecule has 0 spiro atoms. The van der Waals surface area contributed by atoms with Crippen molar-refractivity contribution in [1.29, 1.82) is 0 Å². The third kappa shape index (κ3) is 3.48. The molecule has 1 aliphatic rings. The van der Waals surface area contributed by atoms with Crippen LogP contribution in [0.3, 0.4) is 0 Å². The molecule has 2 aromatic heterocycles. The van der Waals surface area contributed by atoms with E-state index in [0.717, 1.165) is 36.5 Å².